The van der Waals surface area contributed by atoms with Crippen LogP contribution in [0, 0.1) is 11.8 Å². The van der Waals surface area contributed by atoms with E-state index in [-0.39, 0.29) is 11.5 Å². The minimum Gasteiger partial charge on any atom is -0.388 e. The number of nitrogens with one attached hydrogen (secondary N) is 2. The number of pyridine rings is 1. The summed E-state index contributed by atoms with van der Waals surface area (Å²) in [6.45, 7) is 22.3. The lowest BCUT2D eigenvalue weighted by Gasteiger charge is -2.23. The molecule has 1 amide bonds. The molecule has 226 valence electrons. The second-order valence-corrected chi connectivity index (χ2v) is 8.69. The van der Waals surface area contributed by atoms with Crippen molar-refractivity contribution >= 4 is 5.91 Å². The molecule has 1 fully saturated rings. The number of hydrogen-bond acceptors (Lipinski definition) is 4. The van der Waals surface area contributed by atoms with E-state index in [4.69, 9.17) is 0 Å². The monoisotopic (exact) mass is 547 g/mol. The first-order valence-electron chi connectivity index (χ1n) is 14.2. The Morgan fingerprint density at radius 3 is 2.15 bits per heavy atom. The molecule has 1 aliphatic heterocycles. The number of carbonyl (C=O) groups is 1. The van der Waals surface area contributed by atoms with Crippen LogP contribution in [0.2, 0.25) is 0 Å². The van der Waals surface area contributed by atoms with E-state index in [1.165, 1.54) is 42.5 Å². The van der Waals surface area contributed by atoms with Gasteiger partial charge in [0.15, 0.2) is 0 Å². The third-order valence-corrected chi connectivity index (χ3v) is 4.64. The first-order valence-corrected chi connectivity index (χ1v) is 14.2. The van der Waals surface area contributed by atoms with E-state index in [0.29, 0.717) is 5.92 Å². The van der Waals surface area contributed by atoms with Crippen LogP contribution in [-0.4, -0.2) is 44.3 Å². The molecule has 0 unspecified atom stereocenters. The van der Waals surface area contributed by atoms with Gasteiger partial charge in [-0.15, -0.1) is 6.58 Å². The van der Waals surface area contributed by atoms with Crippen molar-refractivity contribution in [3.8, 4) is 0 Å². The molecule has 1 saturated heterocycles. The van der Waals surface area contributed by atoms with Gasteiger partial charge in [0.25, 0.3) is 0 Å². The Morgan fingerprint density at radius 1 is 1.23 bits per heavy atom. The first-order chi connectivity index (χ1) is 18.6. The minimum atomic E-state index is 0.0347. The number of amides is 1. The van der Waals surface area contributed by atoms with E-state index in [0.717, 1.165) is 25.4 Å². The number of ether oxygens (including phenoxy) is 1. The normalized spacial score (nSPS) is 14.1. The highest BCUT2D eigenvalue weighted by Crippen LogP contribution is 2.20. The van der Waals surface area contributed by atoms with Crippen LogP contribution >= 0.6 is 0 Å². The van der Waals surface area contributed by atoms with Gasteiger partial charge in [-0.1, -0.05) is 70.2 Å². The van der Waals surface area contributed by atoms with Gasteiger partial charge in [-0.05, 0) is 70.1 Å². The van der Waals surface area contributed by atoms with Gasteiger partial charge < -0.3 is 19.9 Å². The van der Waals surface area contributed by atoms with E-state index < -0.39 is 0 Å². The first kappa shape index (κ1) is 43.4. The van der Waals surface area contributed by atoms with E-state index in [1.54, 1.807) is 39.6 Å². The van der Waals surface area contributed by atoms with Crippen LogP contribution in [-0.2, 0) is 16.6 Å². The van der Waals surface area contributed by atoms with E-state index >= 15 is 0 Å². The maximum Gasteiger partial charge on any atom is 0.250 e. The standard InChI is InChI=1S/C16H27N.C6H7NO.C4H9NO.C3H6.C2H6O.C2H6/c1-4-15(16-11-8-12-17-13-16)10-7-5-6-9-14(2)3;1-7-5-3-2-4-6(7)8;1-3-5-4(2)6;2*1-3-2;1-2/h4,6-7,9-10,14,16-17H,5,8,11-13H2,1-3H3;2-5H,1H3;3H2,1-2H3,(H,5,6);3H,1H2,2H3;1-2H3;1-2H3/b9-6+,10-7-,15-4+;;;;;/t16-;;;;;/m1...../s1. The number of aromatic nitrogens is 1. The molecule has 0 saturated carbocycles. The highest BCUT2D eigenvalue weighted by atomic mass is 16.4. The summed E-state index contributed by atoms with van der Waals surface area (Å²) in [6, 6.07) is 5.07. The molecular weight excluding hydrogens is 486 g/mol. The molecule has 1 atom stereocenters. The van der Waals surface area contributed by atoms with Crippen molar-refractivity contribution in [2.24, 2.45) is 18.9 Å². The average Bonchev–Trinajstić information content (AvgIpc) is 2.91. The minimum absolute atomic E-state index is 0.0347. The molecule has 6 heteroatoms. The number of nitrogens with zero attached hydrogens (tertiary/aromatic N) is 1. The fourth-order valence-electron chi connectivity index (χ4n) is 2.99. The van der Waals surface area contributed by atoms with Gasteiger partial charge in [0, 0.05) is 53.5 Å². The van der Waals surface area contributed by atoms with Gasteiger partial charge in [0.2, 0.25) is 11.5 Å². The molecule has 2 heterocycles. The predicted octanol–water partition coefficient (Wildman–Crippen LogP) is 7.10. The Hall–Kier alpha value is -2.70. The largest absolute Gasteiger partial charge is 0.388 e. The number of hydrogen-bond donors (Lipinski definition) is 2. The van der Waals surface area contributed by atoms with Gasteiger partial charge in [-0.2, -0.15) is 0 Å². The van der Waals surface area contributed by atoms with E-state index in [9.17, 15) is 9.59 Å². The third kappa shape index (κ3) is 35.3. The summed E-state index contributed by atoms with van der Waals surface area (Å²) in [6.07, 6.45) is 18.5. The average molecular weight is 548 g/mol. The fraction of sp³-hybridized carbons (Fsp3) is 0.576. The topological polar surface area (TPSA) is 72.4 Å². The number of allylic oxidation sites excluding steroid dienone is 6. The van der Waals surface area contributed by atoms with Crippen LogP contribution in [0.1, 0.15) is 74.7 Å². The van der Waals surface area contributed by atoms with Gasteiger partial charge in [-0.3, -0.25) is 9.59 Å². The number of piperidine rings is 1. The molecule has 39 heavy (non-hydrogen) atoms. The highest BCUT2D eigenvalue weighted by Gasteiger charge is 2.14. The Bertz CT molecular complexity index is 802. The molecule has 1 aliphatic rings. The Balaban J connectivity index is -0.000000231. The molecule has 6 nitrogen and oxygen atoms in total. The van der Waals surface area contributed by atoms with Gasteiger partial charge in [-0.25, -0.2) is 0 Å². The van der Waals surface area contributed by atoms with Crippen LogP contribution in [0.3, 0.4) is 0 Å². The second kappa shape index (κ2) is 35.3. The SMILES string of the molecule is C/C=C(\C=C/C/C=C/C(C)C)[C@@H]1CCCNC1.C=CC.CC.CCNC(C)=O.COC.Cn1ccccc1=O. The predicted molar refractivity (Wildman–Crippen MR) is 173 cm³/mol. The molecule has 0 aliphatic carbocycles. The van der Waals surface area contributed by atoms with Gasteiger partial charge in [0.05, 0.1) is 0 Å². The van der Waals surface area contributed by atoms with Crippen molar-refractivity contribution < 1.29 is 9.53 Å². The Kier molecular flexibility index (Phi) is 39.2. The molecular formula is C33H61N3O3. The summed E-state index contributed by atoms with van der Waals surface area (Å²) in [5, 5.41) is 6.05. The molecule has 2 N–H and O–H groups in total. The van der Waals surface area contributed by atoms with Crippen LogP contribution in [0.4, 0.5) is 0 Å². The zero-order chi connectivity index (χ0) is 30.9. The summed E-state index contributed by atoms with van der Waals surface area (Å²) in [7, 11) is 4.97. The van der Waals surface area contributed by atoms with Crippen molar-refractivity contribution in [1.29, 1.82) is 0 Å². The molecule has 0 bridgehead atoms. The summed E-state index contributed by atoms with van der Waals surface area (Å²) in [4.78, 5) is 20.5. The molecule has 0 radical (unpaired) electrons. The van der Waals surface area contributed by atoms with Crippen molar-refractivity contribution in [1.82, 2.24) is 15.2 Å². The molecule has 1 aromatic rings. The Morgan fingerprint density at radius 2 is 1.82 bits per heavy atom. The number of carbonyl (C=O) groups excluding carboxylic acids is 1. The van der Waals surface area contributed by atoms with E-state index in [1.807, 2.05) is 33.8 Å². The summed E-state index contributed by atoms with van der Waals surface area (Å²) in [5.41, 5.74) is 1.53. The zero-order valence-electron chi connectivity index (χ0n) is 27.0. The quantitative estimate of drug-likeness (QED) is 0.294. The van der Waals surface area contributed by atoms with Crippen molar-refractivity contribution in [2.45, 2.75) is 74.7 Å². The zero-order valence-corrected chi connectivity index (χ0v) is 27.0. The van der Waals surface area contributed by atoms with Crippen LogP contribution in [0.5, 0.6) is 0 Å². The lowest BCUT2D eigenvalue weighted by molar-refractivity contribution is -0.118. The maximum absolute atomic E-state index is 10.6. The lowest BCUT2D eigenvalue weighted by Crippen LogP contribution is -2.30. The molecule has 0 aromatic carbocycles. The van der Waals surface area contributed by atoms with Crippen molar-refractivity contribution in [3.63, 3.8) is 0 Å². The summed E-state index contributed by atoms with van der Waals surface area (Å²) >= 11 is 0. The second-order valence-electron chi connectivity index (χ2n) is 8.69. The van der Waals surface area contributed by atoms with Crippen molar-refractivity contribution in [2.75, 3.05) is 33.9 Å². The van der Waals surface area contributed by atoms with Gasteiger partial charge >= 0.3 is 0 Å². The van der Waals surface area contributed by atoms with Gasteiger partial charge in [0.1, 0.15) is 0 Å². The fourth-order valence-corrected chi connectivity index (χ4v) is 2.99. The van der Waals surface area contributed by atoms with E-state index in [2.05, 4.69) is 73.1 Å². The molecule has 2 rings (SSSR count). The Labute approximate surface area is 241 Å². The number of methoxy groups -OCH3 is 1. The maximum atomic E-state index is 10.6. The highest BCUT2D eigenvalue weighted by molar-refractivity contribution is 5.72. The smallest absolute Gasteiger partial charge is 0.250 e. The molecule has 1 aromatic heterocycles. The summed E-state index contributed by atoms with van der Waals surface area (Å²) in [5.74, 6) is 1.42. The third-order valence-electron chi connectivity index (χ3n) is 4.64. The van der Waals surface area contributed by atoms with Crippen LogP contribution in [0.25, 0.3) is 0 Å². The lowest BCUT2D eigenvalue weighted by atomic mass is 9.91. The van der Waals surface area contributed by atoms with Crippen LogP contribution < -0.4 is 16.2 Å². The molecule has 0 spiro atoms. The van der Waals surface area contributed by atoms with Crippen molar-refractivity contribution in [3.05, 3.63) is 83.4 Å². The van der Waals surface area contributed by atoms with Crippen LogP contribution in [0.15, 0.2) is 77.8 Å². The summed E-state index contributed by atoms with van der Waals surface area (Å²) < 4.78 is 5.78. The number of rotatable bonds is 6. The number of aryl methyl sites for hydroxylation is 1.